The Hall–Kier alpha value is -3.43. The molecule has 1 aromatic heterocycles. The van der Waals surface area contributed by atoms with Crippen LogP contribution in [-0.2, 0) is 11.3 Å². The van der Waals surface area contributed by atoms with Crippen LogP contribution in [0.3, 0.4) is 0 Å². The number of nitrogens with one attached hydrogen (secondary N) is 2. The molecule has 2 fully saturated rings. The summed E-state index contributed by atoms with van der Waals surface area (Å²) in [5.41, 5.74) is 2.37. The van der Waals surface area contributed by atoms with Crippen LogP contribution in [0.25, 0.3) is 11.3 Å². The lowest BCUT2D eigenvalue weighted by Gasteiger charge is -2.49. The van der Waals surface area contributed by atoms with Gasteiger partial charge in [0.1, 0.15) is 0 Å². The lowest BCUT2D eigenvalue weighted by Crippen LogP contribution is -2.51. The smallest absolute Gasteiger partial charge is 0.253 e. The van der Waals surface area contributed by atoms with E-state index in [-0.39, 0.29) is 23.1 Å². The summed E-state index contributed by atoms with van der Waals surface area (Å²) in [6, 6.07) is 15.6. The monoisotopic (exact) mass is 577 g/mol. The van der Waals surface area contributed by atoms with Crippen molar-refractivity contribution in [2.75, 3.05) is 26.7 Å². The molecule has 3 aromatic rings. The van der Waals surface area contributed by atoms with Gasteiger partial charge in [0.05, 0.1) is 12.0 Å². The summed E-state index contributed by atoms with van der Waals surface area (Å²) in [7, 11) is 1.90. The van der Waals surface area contributed by atoms with Crippen molar-refractivity contribution in [3.63, 3.8) is 0 Å². The zero-order chi connectivity index (χ0) is 29.5. The first-order valence-corrected chi connectivity index (χ1v) is 15.1. The summed E-state index contributed by atoms with van der Waals surface area (Å²) in [5, 5.41) is 6.09. The van der Waals surface area contributed by atoms with Gasteiger partial charge in [0, 0.05) is 43.3 Å². The number of halogens is 2. The molecule has 7 nitrogen and oxygen atoms in total. The average Bonchev–Trinajstić information content (AvgIpc) is 3.47. The fraction of sp³-hybridized carbons (Fsp3) is 0.485. The lowest BCUT2D eigenvalue weighted by molar-refractivity contribution is -0.109. The SMILES string of the molecule is CNC(CCNC=O)CC(c1ccc(F)c(F)c1)N1CC[C@@H](Cn2cnc(-c3ccccc3)cc2=O)C2(CCCC2)C1. The zero-order valence-electron chi connectivity index (χ0n) is 24.3. The first-order chi connectivity index (χ1) is 20.4. The van der Waals surface area contributed by atoms with Gasteiger partial charge in [0.2, 0.25) is 6.41 Å². The molecule has 1 saturated carbocycles. The van der Waals surface area contributed by atoms with E-state index in [1.54, 1.807) is 23.0 Å². The van der Waals surface area contributed by atoms with E-state index in [9.17, 15) is 18.4 Å². The minimum Gasteiger partial charge on any atom is -0.359 e. The summed E-state index contributed by atoms with van der Waals surface area (Å²) < 4.78 is 30.1. The topological polar surface area (TPSA) is 79.3 Å². The molecular formula is C33H41F2N5O2. The molecule has 2 aromatic carbocycles. The minimum absolute atomic E-state index is 0.0418. The van der Waals surface area contributed by atoms with Crippen LogP contribution in [0.2, 0.25) is 0 Å². The van der Waals surface area contributed by atoms with Gasteiger partial charge in [-0.3, -0.25) is 19.1 Å². The van der Waals surface area contributed by atoms with Crippen molar-refractivity contribution >= 4 is 6.41 Å². The maximum Gasteiger partial charge on any atom is 0.253 e. The third kappa shape index (κ3) is 6.79. The Labute approximate surface area is 246 Å². The van der Waals surface area contributed by atoms with E-state index in [2.05, 4.69) is 20.5 Å². The molecule has 1 aliphatic heterocycles. The molecule has 2 aliphatic rings. The number of nitrogens with zero attached hydrogens (tertiary/aromatic N) is 3. The number of carbonyl (C=O) groups is 1. The van der Waals surface area contributed by atoms with Gasteiger partial charge >= 0.3 is 0 Å². The second-order valence-electron chi connectivity index (χ2n) is 11.9. The molecule has 9 heteroatoms. The third-order valence-corrected chi connectivity index (χ3v) is 9.52. The Bertz CT molecular complexity index is 1390. The van der Waals surface area contributed by atoms with E-state index in [0.717, 1.165) is 62.7 Å². The van der Waals surface area contributed by atoms with E-state index in [4.69, 9.17) is 0 Å². The molecular weight excluding hydrogens is 536 g/mol. The van der Waals surface area contributed by atoms with E-state index in [0.29, 0.717) is 37.5 Å². The predicted molar refractivity (Wildman–Crippen MR) is 160 cm³/mol. The number of rotatable bonds is 12. The van der Waals surface area contributed by atoms with Crippen LogP contribution < -0.4 is 16.2 Å². The molecule has 2 heterocycles. The Morgan fingerprint density at radius 3 is 2.57 bits per heavy atom. The Balaban J connectivity index is 1.38. The van der Waals surface area contributed by atoms with Crippen molar-refractivity contribution in [1.82, 2.24) is 25.1 Å². The van der Waals surface area contributed by atoms with Gasteiger partial charge in [0.25, 0.3) is 5.56 Å². The minimum atomic E-state index is -0.846. The fourth-order valence-electron chi connectivity index (χ4n) is 7.19. The van der Waals surface area contributed by atoms with E-state index in [1.165, 1.54) is 12.1 Å². The van der Waals surface area contributed by atoms with Crippen molar-refractivity contribution < 1.29 is 13.6 Å². The number of hydrogen-bond acceptors (Lipinski definition) is 5. The molecule has 0 radical (unpaired) electrons. The Morgan fingerprint density at radius 1 is 1.10 bits per heavy atom. The molecule has 2 unspecified atom stereocenters. The second-order valence-corrected chi connectivity index (χ2v) is 11.9. The van der Waals surface area contributed by atoms with Gasteiger partial charge in [0.15, 0.2) is 11.6 Å². The molecule has 42 heavy (non-hydrogen) atoms. The van der Waals surface area contributed by atoms with Gasteiger partial charge in [-0.1, -0.05) is 49.2 Å². The molecule has 1 amide bonds. The maximum atomic E-state index is 14.5. The van der Waals surface area contributed by atoms with Crippen LogP contribution in [0, 0.1) is 23.0 Å². The van der Waals surface area contributed by atoms with Crippen molar-refractivity contribution in [1.29, 1.82) is 0 Å². The largest absolute Gasteiger partial charge is 0.359 e. The standard InChI is InChI=1S/C33H41F2N5O2/c1-36-27(11-15-37-23-41)18-31(25-9-10-28(34)29(35)17-25)39-16-12-26(33(21-39)13-5-6-14-33)20-40-22-38-30(19-32(40)42)24-7-3-2-4-8-24/h2-4,7-10,17,19,22-23,26-27,31,36H,5-6,11-16,18,20-21H2,1H3,(H,37,41)/t26-,27?,31?/m0/s1. The first kappa shape index (κ1) is 30.0. The number of amides is 1. The van der Waals surface area contributed by atoms with Crippen LogP contribution >= 0.6 is 0 Å². The highest BCUT2D eigenvalue weighted by molar-refractivity contribution is 5.57. The molecule has 3 atom stereocenters. The Morgan fingerprint density at radius 2 is 1.88 bits per heavy atom. The van der Waals surface area contributed by atoms with Crippen LogP contribution in [0.5, 0.6) is 0 Å². The third-order valence-electron chi connectivity index (χ3n) is 9.52. The average molecular weight is 578 g/mol. The molecule has 1 spiro atoms. The Kier molecular flexibility index (Phi) is 9.80. The van der Waals surface area contributed by atoms with Crippen molar-refractivity contribution in [2.24, 2.45) is 11.3 Å². The summed E-state index contributed by atoms with van der Waals surface area (Å²) in [4.78, 5) is 31.0. The van der Waals surface area contributed by atoms with Gasteiger partial charge in [-0.25, -0.2) is 13.8 Å². The quantitative estimate of drug-likeness (QED) is 0.236. The van der Waals surface area contributed by atoms with Crippen LogP contribution in [0.15, 0.2) is 65.7 Å². The van der Waals surface area contributed by atoms with E-state index < -0.39 is 11.6 Å². The number of piperidine rings is 1. The summed E-state index contributed by atoms with van der Waals surface area (Å²) in [6.45, 7) is 2.80. The number of likely N-dealkylation sites (tertiary alicyclic amines) is 1. The number of aromatic nitrogens is 2. The molecule has 1 aliphatic carbocycles. The maximum absolute atomic E-state index is 14.5. The number of benzene rings is 2. The summed E-state index contributed by atoms with van der Waals surface area (Å²) >= 11 is 0. The molecule has 1 saturated heterocycles. The predicted octanol–water partition coefficient (Wildman–Crippen LogP) is 4.93. The van der Waals surface area contributed by atoms with Gasteiger partial charge in [-0.15, -0.1) is 0 Å². The summed E-state index contributed by atoms with van der Waals surface area (Å²) in [6.07, 6.45) is 9.19. The second kappa shape index (κ2) is 13.7. The van der Waals surface area contributed by atoms with Crippen molar-refractivity contribution in [3.05, 3.63) is 88.5 Å². The first-order valence-electron chi connectivity index (χ1n) is 15.1. The molecule has 0 bridgehead atoms. The normalized spacial score (nSPS) is 19.9. The molecule has 224 valence electrons. The van der Waals surface area contributed by atoms with Gasteiger partial charge in [-0.05, 0) is 74.7 Å². The van der Waals surface area contributed by atoms with Crippen LogP contribution in [-0.4, -0.2) is 53.6 Å². The van der Waals surface area contributed by atoms with Gasteiger partial charge < -0.3 is 10.6 Å². The number of carbonyl (C=O) groups excluding carboxylic acids is 1. The molecule has 5 rings (SSSR count). The van der Waals surface area contributed by atoms with Crippen molar-refractivity contribution in [3.8, 4) is 11.3 Å². The van der Waals surface area contributed by atoms with Crippen LogP contribution in [0.1, 0.15) is 56.6 Å². The van der Waals surface area contributed by atoms with Gasteiger partial charge in [-0.2, -0.15) is 0 Å². The van der Waals surface area contributed by atoms with E-state index >= 15 is 0 Å². The lowest BCUT2D eigenvalue weighted by atomic mass is 9.69. The highest BCUT2D eigenvalue weighted by atomic mass is 19.2. The van der Waals surface area contributed by atoms with E-state index in [1.807, 2.05) is 37.4 Å². The number of hydrogen-bond donors (Lipinski definition) is 2. The fourth-order valence-corrected chi connectivity index (χ4v) is 7.19. The highest BCUT2D eigenvalue weighted by Crippen LogP contribution is 2.50. The molecule has 2 N–H and O–H groups in total. The van der Waals surface area contributed by atoms with Crippen LogP contribution in [0.4, 0.5) is 8.78 Å². The highest BCUT2D eigenvalue weighted by Gasteiger charge is 2.46. The summed E-state index contributed by atoms with van der Waals surface area (Å²) in [5.74, 6) is -1.36. The van der Waals surface area contributed by atoms with Crippen molar-refractivity contribution in [2.45, 2.75) is 63.6 Å². The zero-order valence-corrected chi connectivity index (χ0v) is 24.3.